The first-order valence-corrected chi connectivity index (χ1v) is 5.37. The zero-order valence-corrected chi connectivity index (χ0v) is 9.30. The van der Waals surface area contributed by atoms with Crippen LogP contribution in [0.3, 0.4) is 0 Å². The summed E-state index contributed by atoms with van der Waals surface area (Å²) in [4.78, 5) is 22.3. The number of aromatic nitrogens is 4. The van der Waals surface area contributed by atoms with E-state index in [0.29, 0.717) is 17.7 Å². The number of hydrogen-bond acceptors (Lipinski definition) is 3. The lowest BCUT2D eigenvalue weighted by Crippen LogP contribution is -2.17. The van der Waals surface area contributed by atoms with Gasteiger partial charge in [0.05, 0.1) is 12.7 Å². The molecule has 5 nitrogen and oxygen atoms in total. The molecular weight excluding hydrogens is 235 g/mol. The predicted molar refractivity (Wildman–Crippen MR) is 63.7 cm³/mol. The number of nitrogens with zero attached hydrogens (tertiary/aromatic N) is 3. The Hall–Kier alpha value is -2.50. The van der Waals surface area contributed by atoms with Crippen molar-refractivity contribution >= 4 is 11.2 Å². The Labute approximate surface area is 101 Å². The van der Waals surface area contributed by atoms with Crippen LogP contribution in [-0.4, -0.2) is 19.5 Å². The first-order valence-electron chi connectivity index (χ1n) is 5.37. The van der Waals surface area contributed by atoms with Crippen molar-refractivity contribution in [1.29, 1.82) is 0 Å². The average molecular weight is 244 g/mol. The van der Waals surface area contributed by atoms with Crippen LogP contribution in [-0.2, 0) is 6.54 Å². The Morgan fingerprint density at radius 1 is 1.28 bits per heavy atom. The minimum Gasteiger partial charge on any atom is -0.303 e. The molecule has 0 unspecified atom stereocenters. The van der Waals surface area contributed by atoms with Crippen molar-refractivity contribution in [2.75, 3.05) is 0 Å². The number of imidazole rings is 1. The van der Waals surface area contributed by atoms with E-state index in [2.05, 4.69) is 15.0 Å². The van der Waals surface area contributed by atoms with E-state index in [4.69, 9.17) is 0 Å². The fourth-order valence-corrected chi connectivity index (χ4v) is 1.82. The molecule has 0 spiro atoms. The zero-order chi connectivity index (χ0) is 12.5. The number of nitrogens with one attached hydrogen (secondary N) is 1. The summed E-state index contributed by atoms with van der Waals surface area (Å²) in [6.07, 6.45) is 2.93. The Bertz CT molecular complexity index is 745. The van der Waals surface area contributed by atoms with Crippen LogP contribution in [0.1, 0.15) is 5.56 Å². The van der Waals surface area contributed by atoms with Gasteiger partial charge in [-0.3, -0.25) is 4.57 Å². The Kier molecular flexibility index (Phi) is 2.40. The van der Waals surface area contributed by atoms with E-state index < -0.39 is 0 Å². The molecule has 18 heavy (non-hydrogen) atoms. The number of halogens is 1. The van der Waals surface area contributed by atoms with Gasteiger partial charge in [0.2, 0.25) is 0 Å². The maximum Gasteiger partial charge on any atom is 0.328 e. The van der Waals surface area contributed by atoms with Crippen LogP contribution in [0.4, 0.5) is 4.39 Å². The molecule has 0 bridgehead atoms. The smallest absolute Gasteiger partial charge is 0.303 e. The number of H-pyrrole nitrogens is 1. The molecule has 1 aromatic carbocycles. The lowest BCUT2D eigenvalue weighted by Gasteiger charge is -2.02. The maximum atomic E-state index is 12.8. The number of rotatable bonds is 2. The zero-order valence-electron chi connectivity index (χ0n) is 9.30. The standard InChI is InChI=1S/C12H9FN4O/c13-9-3-1-8(2-4-9)6-17-11-10(16-12(17)18)5-14-7-15-11/h1-5,7H,6H2,(H,16,18). The molecule has 2 heterocycles. The summed E-state index contributed by atoms with van der Waals surface area (Å²) < 4.78 is 14.3. The van der Waals surface area contributed by atoms with Crippen LogP contribution in [0.5, 0.6) is 0 Å². The van der Waals surface area contributed by atoms with Crippen molar-refractivity contribution in [1.82, 2.24) is 19.5 Å². The molecular formula is C12H9FN4O. The Balaban J connectivity index is 2.07. The van der Waals surface area contributed by atoms with E-state index in [-0.39, 0.29) is 11.5 Å². The second kappa shape index (κ2) is 4.06. The second-order valence-electron chi connectivity index (χ2n) is 3.90. The third kappa shape index (κ3) is 1.77. The molecule has 6 heteroatoms. The highest BCUT2D eigenvalue weighted by Crippen LogP contribution is 2.08. The SMILES string of the molecule is O=c1[nH]c2cncnc2n1Cc1ccc(F)cc1. The van der Waals surface area contributed by atoms with Gasteiger partial charge in [0.15, 0.2) is 5.65 Å². The molecule has 90 valence electrons. The monoisotopic (exact) mass is 244 g/mol. The highest BCUT2D eigenvalue weighted by molar-refractivity contribution is 5.68. The number of fused-ring (bicyclic) bond motifs is 1. The van der Waals surface area contributed by atoms with Gasteiger partial charge in [-0.2, -0.15) is 0 Å². The minimum atomic E-state index is -0.299. The van der Waals surface area contributed by atoms with E-state index >= 15 is 0 Å². The molecule has 0 aliphatic carbocycles. The lowest BCUT2D eigenvalue weighted by atomic mass is 10.2. The third-order valence-electron chi connectivity index (χ3n) is 2.69. The lowest BCUT2D eigenvalue weighted by molar-refractivity contribution is 0.626. The van der Waals surface area contributed by atoms with Crippen LogP contribution < -0.4 is 5.69 Å². The second-order valence-corrected chi connectivity index (χ2v) is 3.90. The molecule has 0 amide bonds. The van der Waals surface area contributed by atoms with Gasteiger partial charge in [0.1, 0.15) is 17.7 Å². The van der Waals surface area contributed by atoms with Gasteiger partial charge >= 0.3 is 5.69 Å². The minimum absolute atomic E-state index is 0.255. The van der Waals surface area contributed by atoms with Crippen molar-refractivity contribution in [2.24, 2.45) is 0 Å². The van der Waals surface area contributed by atoms with Crippen LogP contribution in [0.2, 0.25) is 0 Å². The van der Waals surface area contributed by atoms with Crippen molar-refractivity contribution in [3.8, 4) is 0 Å². The fraction of sp³-hybridized carbons (Fsp3) is 0.0833. The van der Waals surface area contributed by atoms with Crippen LogP contribution >= 0.6 is 0 Å². The highest BCUT2D eigenvalue weighted by atomic mass is 19.1. The van der Waals surface area contributed by atoms with Crippen molar-refractivity contribution < 1.29 is 4.39 Å². The molecule has 0 atom stereocenters. The van der Waals surface area contributed by atoms with Gasteiger partial charge in [-0.15, -0.1) is 0 Å². The van der Waals surface area contributed by atoms with Crippen LogP contribution in [0.15, 0.2) is 41.6 Å². The molecule has 0 saturated carbocycles. The Morgan fingerprint density at radius 3 is 2.83 bits per heavy atom. The van der Waals surface area contributed by atoms with Crippen LogP contribution in [0, 0.1) is 5.82 Å². The molecule has 1 N–H and O–H groups in total. The van der Waals surface area contributed by atoms with Crippen molar-refractivity contribution in [3.63, 3.8) is 0 Å². The summed E-state index contributed by atoms with van der Waals surface area (Å²) >= 11 is 0. The maximum absolute atomic E-state index is 12.8. The topological polar surface area (TPSA) is 63.6 Å². The Morgan fingerprint density at radius 2 is 2.06 bits per heavy atom. The highest BCUT2D eigenvalue weighted by Gasteiger charge is 2.08. The summed E-state index contributed by atoms with van der Waals surface area (Å²) in [7, 11) is 0. The average Bonchev–Trinajstić information content (AvgIpc) is 2.69. The predicted octanol–water partition coefficient (Wildman–Crippen LogP) is 1.31. The van der Waals surface area contributed by atoms with E-state index in [1.54, 1.807) is 18.3 Å². The van der Waals surface area contributed by atoms with Crippen molar-refractivity contribution in [3.05, 3.63) is 58.7 Å². The summed E-state index contributed by atoms with van der Waals surface area (Å²) in [5.74, 6) is -0.299. The molecule has 2 aromatic heterocycles. The number of hydrogen-bond donors (Lipinski definition) is 1. The summed E-state index contributed by atoms with van der Waals surface area (Å²) in [6, 6.07) is 6.01. The number of benzene rings is 1. The van der Waals surface area contributed by atoms with Gasteiger partial charge in [0, 0.05) is 0 Å². The molecule has 0 aliphatic heterocycles. The fourth-order valence-electron chi connectivity index (χ4n) is 1.82. The van der Waals surface area contributed by atoms with Crippen molar-refractivity contribution in [2.45, 2.75) is 6.54 Å². The van der Waals surface area contributed by atoms with E-state index in [1.165, 1.54) is 23.0 Å². The molecule has 0 radical (unpaired) electrons. The summed E-state index contributed by atoms with van der Waals surface area (Å²) in [6.45, 7) is 0.343. The van der Waals surface area contributed by atoms with E-state index in [1.807, 2.05) is 0 Å². The molecule has 3 aromatic rings. The van der Waals surface area contributed by atoms with Gasteiger partial charge in [0.25, 0.3) is 0 Å². The first-order chi connectivity index (χ1) is 8.74. The van der Waals surface area contributed by atoms with Gasteiger partial charge in [-0.25, -0.2) is 19.2 Å². The van der Waals surface area contributed by atoms with E-state index in [9.17, 15) is 9.18 Å². The molecule has 0 saturated heterocycles. The number of aromatic amines is 1. The normalized spacial score (nSPS) is 10.9. The summed E-state index contributed by atoms with van der Waals surface area (Å²) in [5.41, 5.74) is 1.71. The first kappa shape index (κ1) is 10.6. The van der Waals surface area contributed by atoms with Gasteiger partial charge < -0.3 is 4.98 Å². The molecule has 3 rings (SSSR count). The van der Waals surface area contributed by atoms with Gasteiger partial charge in [-0.05, 0) is 17.7 Å². The summed E-state index contributed by atoms with van der Waals surface area (Å²) in [5, 5.41) is 0. The third-order valence-corrected chi connectivity index (χ3v) is 2.69. The molecule has 0 aliphatic rings. The van der Waals surface area contributed by atoms with Crippen LogP contribution in [0.25, 0.3) is 11.2 Å². The largest absolute Gasteiger partial charge is 0.328 e. The van der Waals surface area contributed by atoms with E-state index in [0.717, 1.165) is 5.56 Å². The quantitative estimate of drug-likeness (QED) is 0.739. The molecule has 0 fully saturated rings. The van der Waals surface area contributed by atoms with Gasteiger partial charge in [-0.1, -0.05) is 12.1 Å².